The number of halogens is 1. The summed E-state index contributed by atoms with van der Waals surface area (Å²) in [4.78, 5) is 21.7. The molecular formula is C18H18BrN5O. The highest BCUT2D eigenvalue weighted by molar-refractivity contribution is 9.10. The summed E-state index contributed by atoms with van der Waals surface area (Å²) in [6, 6.07) is 10.8. The molecule has 128 valence electrons. The molecule has 3 heterocycles. The van der Waals surface area contributed by atoms with E-state index in [0.29, 0.717) is 40.7 Å². The zero-order valence-electron chi connectivity index (χ0n) is 13.8. The normalized spacial score (nSPS) is 24.3. The molecule has 1 aliphatic carbocycles. The van der Waals surface area contributed by atoms with E-state index < -0.39 is 0 Å². The molecule has 3 atom stereocenters. The second-order valence-corrected chi connectivity index (χ2v) is 7.84. The lowest BCUT2D eigenvalue weighted by Gasteiger charge is -2.12. The van der Waals surface area contributed by atoms with Crippen LogP contribution in [-0.2, 0) is 6.54 Å². The van der Waals surface area contributed by atoms with Gasteiger partial charge in [-0.05, 0) is 40.3 Å². The van der Waals surface area contributed by atoms with Gasteiger partial charge in [0.25, 0.3) is 0 Å². The molecule has 0 saturated heterocycles. The molecule has 2 aliphatic rings. The number of hydrogen-bond acceptors (Lipinski definition) is 4. The summed E-state index contributed by atoms with van der Waals surface area (Å²) >= 11 is 3.55. The van der Waals surface area contributed by atoms with Crippen molar-refractivity contribution in [3.8, 4) is 0 Å². The van der Waals surface area contributed by atoms with Crippen LogP contribution in [0.3, 0.4) is 0 Å². The molecule has 1 N–H and O–H groups in total. The molecule has 6 nitrogen and oxygen atoms in total. The summed E-state index contributed by atoms with van der Waals surface area (Å²) in [5.41, 5.74) is 2.20. The number of nitrogens with zero attached hydrogens (tertiary/aromatic N) is 4. The van der Waals surface area contributed by atoms with Gasteiger partial charge in [0.05, 0.1) is 18.6 Å². The predicted molar refractivity (Wildman–Crippen MR) is 99.9 cm³/mol. The Hall–Kier alpha value is -2.15. The lowest BCUT2D eigenvalue weighted by molar-refractivity contribution is 0.516. The van der Waals surface area contributed by atoms with Gasteiger partial charge in [0, 0.05) is 0 Å². The Labute approximate surface area is 153 Å². The van der Waals surface area contributed by atoms with Crippen molar-refractivity contribution in [3.05, 3.63) is 51.0 Å². The number of rotatable bonds is 2. The standard InChI is InChI=1S/C18H18BrN5O/c1-10-7-12-13(8-10)24-15-14(16(25)22-18(24)20-12)23(17(19)21-15)9-11-5-3-2-4-6-11/h2-6,10,12-13H,7-9H2,1H3,(H,20,22,25)/t10?,12-,13+/m1/s1. The van der Waals surface area contributed by atoms with Crippen molar-refractivity contribution in [2.75, 3.05) is 5.32 Å². The fraction of sp³-hybridized carbons (Fsp3) is 0.389. The molecule has 2 aromatic heterocycles. The monoisotopic (exact) mass is 399 g/mol. The number of fused-ring (bicyclic) bond motifs is 5. The van der Waals surface area contributed by atoms with Crippen molar-refractivity contribution in [2.45, 2.75) is 38.4 Å². The van der Waals surface area contributed by atoms with E-state index in [1.54, 1.807) is 0 Å². The van der Waals surface area contributed by atoms with Crippen LogP contribution in [0.5, 0.6) is 0 Å². The Morgan fingerprint density at radius 3 is 2.84 bits per heavy atom. The Balaban J connectivity index is 1.70. The summed E-state index contributed by atoms with van der Waals surface area (Å²) in [5, 5.41) is 3.43. The number of aromatic nitrogens is 4. The second-order valence-electron chi connectivity index (χ2n) is 7.13. The minimum Gasteiger partial charge on any atom is -0.351 e. The number of anilines is 1. The van der Waals surface area contributed by atoms with Crippen LogP contribution in [0.15, 0.2) is 39.9 Å². The second kappa shape index (κ2) is 5.42. The molecule has 25 heavy (non-hydrogen) atoms. The summed E-state index contributed by atoms with van der Waals surface area (Å²) in [5.74, 6) is 1.33. The van der Waals surface area contributed by atoms with Crippen LogP contribution in [0, 0.1) is 5.92 Å². The van der Waals surface area contributed by atoms with E-state index in [1.165, 1.54) is 0 Å². The first kappa shape index (κ1) is 15.1. The zero-order valence-corrected chi connectivity index (χ0v) is 15.4. The third-order valence-electron chi connectivity index (χ3n) is 5.36. The molecule has 0 amide bonds. The molecule has 7 heteroatoms. The van der Waals surface area contributed by atoms with Gasteiger partial charge in [-0.2, -0.15) is 4.98 Å². The van der Waals surface area contributed by atoms with Gasteiger partial charge < -0.3 is 9.88 Å². The number of imidazole rings is 1. The average Bonchev–Trinajstić information content (AvgIpc) is 3.19. The first-order valence-corrected chi connectivity index (χ1v) is 9.40. The topological polar surface area (TPSA) is 64.7 Å². The molecule has 0 bridgehead atoms. The van der Waals surface area contributed by atoms with Gasteiger partial charge in [-0.1, -0.05) is 37.3 Å². The highest BCUT2D eigenvalue weighted by atomic mass is 79.9. The van der Waals surface area contributed by atoms with E-state index in [2.05, 4.69) is 42.7 Å². The fourth-order valence-electron chi connectivity index (χ4n) is 4.29. The third-order valence-corrected chi connectivity index (χ3v) is 5.97. The molecule has 5 rings (SSSR count). The summed E-state index contributed by atoms with van der Waals surface area (Å²) < 4.78 is 4.72. The molecular weight excluding hydrogens is 382 g/mol. The molecule has 0 radical (unpaired) electrons. The Morgan fingerprint density at radius 2 is 2.04 bits per heavy atom. The lowest BCUT2D eigenvalue weighted by atomic mass is 10.1. The Bertz CT molecular complexity index is 1030. The highest BCUT2D eigenvalue weighted by Gasteiger charge is 2.41. The van der Waals surface area contributed by atoms with Crippen molar-refractivity contribution >= 4 is 33.0 Å². The zero-order chi connectivity index (χ0) is 17.1. The maximum atomic E-state index is 12.7. The summed E-state index contributed by atoms with van der Waals surface area (Å²) in [6.07, 6.45) is 2.20. The quantitative estimate of drug-likeness (QED) is 0.672. The molecule has 0 spiro atoms. The maximum Gasteiger partial charge on any atom is 0.300 e. The van der Waals surface area contributed by atoms with Gasteiger partial charge in [0.2, 0.25) is 5.95 Å². The number of hydrogen-bond donors (Lipinski definition) is 1. The molecule has 1 aliphatic heterocycles. The van der Waals surface area contributed by atoms with E-state index in [9.17, 15) is 4.79 Å². The van der Waals surface area contributed by atoms with Crippen LogP contribution in [0.2, 0.25) is 0 Å². The number of benzene rings is 1. The summed E-state index contributed by atoms with van der Waals surface area (Å²) in [7, 11) is 0. The van der Waals surface area contributed by atoms with E-state index in [-0.39, 0.29) is 5.56 Å². The Morgan fingerprint density at radius 1 is 1.24 bits per heavy atom. The van der Waals surface area contributed by atoms with E-state index in [1.807, 2.05) is 34.9 Å². The van der Waals surface area contributed by atoms with Gasteiger partial charge >= 0.3 is 5.56 Å². The van der Waals surface area contributed by atoms with Crippen molar-refractivity contribution < 1.29 is 0 Å². The molecule has 1 saturated carbocycles. The van der Waals surface area contributed by atoms with Crippen molar-refractivity contribution in [3.63, 3.8) is 0 Å². The van der Waals surface area contributed by atoms with Gasteiger partial charge in [-0.15, -0.1) is 0 Å². The average molecular weight is 400 g/mol. The Kier molecular flexibility index (Phi) is 3.28. The molecule has 1 aromatic carbocycles. The van der Waals surface area contributed by atoms with Crippen LogP contribution in [0.1, 0.15) is 31.4 Å². The highest BCUT2D eigenvalue weighted by Crippen LogP contribution is 2.43. The van der Waals surface area contributed by atoms with Gasteiger partial charge in [0.1, 0.15) is 0 Å². The van der Waals surface area contributed by atoms with Gasteiger partial charge in [-0.25, -0.2) is 4.98 Å². The van der Waals surface area contributed by atoms with Crippen molar-refractivity contribution in [1.29, 1.82) is 0 Å². The predicted octanol–water partition coefficient (Wildman–Crippen LogP) is 3.17. The minimum atomic E-state index is -0.226. The molecule has 3 aromatic rings. The SMILES string of the molecule is CC1C[C@H]2Nc3nc(=O)c4c(nc(Br)n4Cc4ccccc4)n3[C@H]2C1. The first-order valence-electron chi connectivity index (χ1n) is 8.60. The van der Waals surface area contributed by atoms with Crippen LogP contribution in [-0.4, -0.2) is 25.1 Å². The van der Waals surface area contributed by atoms with Gasteiger partial charge in [-0.3, -0.25) is 9.36 Å². The van der Waals surface area contributed by atoms with E-state index in [4.69, 9.17) is 0 Å². The first-order chi connectivity index (χ1) is 12.1. The van der Waals surface area contributed by atoms with E-state index in [0.717, 1.165) is 24.1 Å². The molecule has 1 unspecified atom stereocenters. The molecule has 1 fully saturated rings. The minimum absolute atomic E-state index is 0.226. The lowest BCUT2D eigenvalue weighted by Crippen LogP contribution is -2.17. The van der Waals surface area contributed by atoms with Crippen LogP contribution < -0.4 is 10.9 Å². The number of nitrogens with one attached hydrogen (secondary N) is 1. The summed E-state index contributed by atoms with van der Waals surface area (Å²) in [6.45, 7) is 2.86. The van der Waals surface area contributed by atoms with Crippen molar-refractivity contribution in [2.24, 2.45) is 5.92 Å². The fourth-order valence-corrected chi connectivity index (χ4v) is 4.76. The smallest absolute Gasteiger partial charge is 0.300 e. The maximum absolute atomic E-state index is 12.7. The van der Waals surface area contributed by atoms with Crippen LogP contribution in [0.4, 0.5) is 5.95 Å². The van der Waals surface area contributed by atoms with E-state index >= 15 is 0 Å². The largest absolute Gasteiger partial charge is 0.351 e. The third kappa shape index (κ3) is 2.25. The van der Waals surface area contributed by atoms with Crippen LogP contribution >= 0.6 is 15.9 Å². The van der Waals surface area contributed by atoms with Crippen molar-refractivity contribution in [1.82, 2.24) is 19.1 Å². The van der Waals surface area contributed by atoms with Gasteiger partial charge in [0.15, 0.2) is 15.9 Å². The van der Waals surface area contributed by atoms with Crippen LogP contribution in [0.25, 0.3) is 11.2 Å².